The highest BCUT2D eigenvalue weighted by atomic mass is 35.5. The summed E-state index contributed by atoms with van der Waals surface area (Å²) >= 11 is 11.4. The molecule has 1 heterocycles. The Hall–Kier alpha value is -2.18. The zero-order valence-corrected chi connectivity index (χ0v) is 11.4. The van der Waals surface area contributed by atoms with Crippen LogP contribution in [0.2, 0.25) is 10.2 Å². The van der Waals surface area contributed by atoms with Crippen LogP contribution in [0.25, 0.3) is 0 Å². The average Bonchev–Trinajstić information content (AvgIpc) is 2.38. The molecule has 0 saturated heterocycles. The van der Waals surface area contributed by atoms with Crippen molar-refractivity contribution in [2.24, 2.45) is 0 Å². The molecule has 8 heteroatoms. The van der Waals surface area contributed by atoms with Crippen LogP contribution in [0.3, 0.4) is 0 Å². The van der Waals surface area contributed by atoms with Crippen LogP contribution in [0, 0.1) is 10.1 Å². The van der Waals surface area contributed by atoms with Gasteiger partial charge in [0, 0.05) is 11.1 Å². The fourth-order valence-electron chi connectivity index (χ4n) is 1.51. The maximum absolute atomic E-state index is 12.0. The number of anilines is 1. The molecule has 0 fully saturated rings. The lowest BCUT2D eigenvalue weighted by Gasteiger charge is -2.05. The van der Waals surface area contributed by atoms with Gasteiger partial charge in [-0.05, 0) is 24.3 Å². The Bertz CT molecular complexity index is 691. The summed E-state index contributed by atoms with van der Waals surface area (Å²) in [7, 11) is 0. The summed E-state index contributed by atoms with van der Waals surface area (Å²) < 4.78 is 0. The first-order chi connectivity index (χ1) is 9.47. The molecule has 0 atom stereocenters. The molecular formula is C12H7Cl2N3O3. The van der Waals surface area contributed by atoms with Crippen molar-refractivity contribution in [3.63, 3.8) is 0 Å². The number of benzene rings is 1. The van der Waals surface area contributed by atoms with Crippen LogP contribution in [-0.4, -0.2) is 15.8 Å². The summed E-state index contributed by atoms with van der Waals surface area (Å²) in [5, 5.41) is 13.7. The van der Waals surface area contributed by atoms with Gasteiger partial charge in [-0.1, -0.05) is 29.3 Å². The Balaban J connectivity index is 2.32. The third-order valence-corrected chi connectivity index (χ3v) is 2.80. The maximum atomic E-state index is 12.0. The van der Waals surface area contributed by atoms with E-state index in [1.807, 2.05) is 0 Å². The van der Waals surface area contributed by atoms with Crippen LogP contribution in [-0.2, 0) is 0 Å². The van der Waals surface area contributed by atoms with Crippen LogP contribution < -0.4 is 5.32 Å². The number of hydrogen-bond donors (Lipinski definition) is 1. The van der Waals surface area contributed by atoms with Crippen molar-refractivity contribution in [1.82, 2.24) is 4.98 Å². The van der Waals surface area contributed by atoms with E-state index in [0.29, 0.717) is 0 Å². The molecule has 2 aromatic rings. The molecule has 102 valence electrons. The summed E-state index contributed by atoms with van der Waals surface area (Å²) in [4.78, 5) is 26.1. The molecule has 0 aliphatic carbocycles. The molecule has 1 aromatic carbocycles. The monoisotopic (exact) mass is 311 g/mol. The second-order valence-electron chi connectivity index (χ2n) is 3.72. The van der Waals surface area contributed by atoms with Gasteiger partial charge in [0.1, 0.15) is 16.5 Å². The molecule has 0 radical (unpaired) electrons. The number of nitro groups is 1. The van der Waals surface area contributed by atoms with Gasteiger partial charge in [0.25, 0.3) is 11.6 Å². The Morgan fingerprint density at radius 1 is 1.25 bits per heavy atom. The third kappa shape index (κ3) is 3.23. The van der Waals surface area contributed by atoms with Gasteiger partial charge in [-0.3, -0.25) is 14.9 Å². The highest BCUT2D eigenvalue weighted by molar-refractivity contribution is 6.31. The Morgan fingerprint density at radius 3 is 2.65 bits per heavy atom. The van der Waals surface area contributed by atoms with E-state index in [2.05, 4.69) is 10.3 Å². The summed E-state index contributed by atoms with van der Waals surface area (Å²) in [6.45, 7) is 0. The van der Waals surface area contributed by atoms with Crippen LogP contribution in [0.5, 0.6) is 0 Å². The minimum atomic E-state index is -0.674. The Labute approximate surface area is 123 Å². The largest absolute Gasteiger partial charge is 0.306 e. The van der Waals surface area contributed by atoms with Crippen LogP contribution in [0.1, 0.15) is 10.4 Å². The molecule has 0 unspecified atom stereocenters. The first-order valence-corrected chi connectivity index (χ1v) is 6.11. The second-order valence-corrected chi connectivity index (χ2v) is 4.54. The first kappa shape index (κ1) is 14.2. The number of rotatable bonds is 3. The van der Waals surface area contributed by atoms with E-state index in [4.69, 9.17) is 23.2 Å². The van der Waals surface area contributed by atoms with E-state index in [9.17, 15) is 14.9 Å². The van der Waals surface area contributed by atoms with Crippen molar-refractivity contribution in [2.45, 2.75) is 0 Å². The standard InChI is InChI=1S/C12H7Cl2N3O3/c13-7-4-5-8(9(6-7)17(19)20)12(18)16-11-3-1-2-10(14)15-11/h1-6H,(H,15,16,18). The summed E-state index contributed by atoms with van der Waals surface area (Å²) in [6, 6.07) is 8.45. The van der Waals surface area contributed by atoms with Crippen molar-refractivity contribution in [1.29, 1.82) is 0 Å². The number of pyridine rings is 1. The minimum absolute atomic E-state index is 0.110. The number of nitro benzene ring substituents is 1. The number of aromatic nitrogens is 1. The highest BCUT2D eigenvalue weighted by Gasteiger charge is 2.20. The molecule has 0 bridgehead atoms. The van der Waals surface area contributed by atoms with Gasteiger partial charge in [-0.25, -0.2) is 4.98 Å². The molecule has 0 aliphatic rings. The number of halogens is 2. The van der Waals surface area contributed by atoms with Crippen LogP contribution >= 0.6 is 23.2 Å². The van der Waals surface area contributed by atoms with E-state index in [0.717, 1.165) is 6.07 Å². The van der Waals surface area contributed by atoms with Crippen molar-refractivity contribution < 1.29 is 9.72 Å². The van der Waals surface area contributed by atoms with E-state index in [1.54, 1.807) is 12.1 Å². The van der Waals surface area contributed by atoms with Crippen LogP contribution in [0.15, 0.2) is 36.4 Å². The van der Waals surface area contributed by atoms with Gasteiger partial charge in [-0.15, -0.1) is 0 Å². The predicted octanol–water partition coefficient (Wildman–Crippen LogP) is 3.55. The number of carbonyl (C=O) groups excluding carboxylic acids is 1. The van der Waals surface area contributed by atoms with E-state index in [-0.39, 0.29) is 27.2 Å². The lowest BCUT2D eigenvalue weighted by Crippen LogP contribution is -2.14. The van der Waals surface area contributed by atoms with Gasteiger partial charge in [0.05, 0.1) is 4.92 Å². The molecule has 0 spiro atoms. The Kier molecular flexibility index (Phi) is 4.16. The summed E-state index contributed by atoms with van der Waals surface area (Å²) in [5.41, 5.74) is -0.488. The zero-order chi connectivity index (χ0) is 14.7. The molecule has 1 amide bonds. The van der Waals surface area contributed by atoms with Crippen molar-refractivity contribution in [2.75, 3.05) is 5.32 Å². The quantitative estimate of drug-likeness (QED) is 0.533. The molecule has 6 nitrogen and oxygen atoms in total. The van der Waals surface area contributed by atoms with Crippen molar-refractivity contribution >= 4 is 40.6 Å². The predicted molar refractivity (Wildman–Crippen MR) is 75.3 cm³/mol. The van der Waals surface area contributed by atoms with Gasteiger partial charge >= 0.3 is 0 Å². The maximum Gasteiger partial charge on any atom is 0.283 e. The molecule has 1 aromatic heterocycles. The Morgan fingerprint density at radius 2 is 2.00 bits per heavy atom. The van der Waals surface area contributed by atoms with Gasteiger partial charge < -0.3 is 5.32 Å². The van der Waals surface area contributed by atoms with Gasteiger partial charge in [0.2, 0.25) is 0 Å². The first-order valence-electron chi connectivity index (χ1n) is 5.35. The lowest BCUT2D eigenvalue weighted by atomic mass is 10.1. The molecule has 0 aliphatic heterocycles. The van der Waals surface area contributed by atoms with Crippen molar-refractivity contribution in [3.8, 4) is 0 Å². The summed E-state index contributed by atoms with van der Waals surface area (Å²) in [5.74, 6) is -0.463. The fraction of sp³-hybridized carbons (Fsp3) is 0. The number of nitrogens with one attached hydrogen (secondary N) is 1. The number of amides is 1. The van der Waals surface area contributed by atoms with E-state index in [1.165, 1.54) is 18.2 Å². The summed E-state index contributed by atoms with van der Waals surface area (Å²) in [6.07, 6.45) is 0. The molecular weight excluding hydrogens is 305 g/mol. The van der Waals surface area contributed by atoms with E-state index < -0.39 is 10.8 Å². The smallest absolute Gasteiger partial charge is 0.283 e. The molecule has 1 N–H and O–H groups in total. The number of hydrogen-bond acceptors (Lipinski definition) is 4. The van der Waals surface area contributed by atoms with Gasteiger partial charge in [0.15, 0.2) is 0 Å². The lowest BCUT2D eigenvalue weighted by molar-refractivity contribution is -0.385. The van der Waals surface area contributed by atoms with E-state index >= 15 is 0 Å². The molecule has 20 heavy (non-hydrogen) atoms. The van der Waals surface area contributed by atoms with Gasteiger partial charge in [-0.2, -0.15) is 0 Å². The number of nitrogens with zero attached hydrogens (tertiary/aromatic N) is 2. The highest BCUT2D eigenvalue weighted by Crippen LogP contribution is 2.24. The second kappa shape index (κ2) is 5.85. The topological polar surface area (TPSA) is 85.1 Å². The molecule has 0 saturated carbocycles. The SMILES string of the molecule is O=C(Nc1cccc(Cl)n1)c1ccc(Cl)cc1[N+](=O)[O-]. The van der Waals surface area contributed by atoms with Crippen LogP contribution in [0.4, 0.5) is 11.5 Å². The normalized spacial score (nSPS) is 10.1. The van der Waals surface area contributed by atoms with Crippen molar-refractivity contribution in [3.05, 3.63) is 62.3 Å². The third-order valence-electron chi connectivity index (χ3n) is 2.36. The fourth-order valence-corrected chi connectivity index (χ4v) is 1.84. The zero-order valence-electron chi connectivity index (χ0n) is 9.84. The minimum Gasteiger partial charge on any atom is -0.306 e. The number of carbonyl (C=O) groups is 1. The molecule has 2 rings (SSSR count). The average molecular weight is 312 g/mol.